The topological polar surface area (TPSA) is 64.1 Å². The van der Waals surface area contributed by atoms with E-state index in [4.69, 9.17) is 10.2 Å². The summed E-state index contributed by atoms with van der Waals surface area (Å²) in [4.78, 5) is 4.25. The van der Waals surface area contributed by atoms with E-state index in [0.29, 0.717) is 12.6 Å². The molecule has 0 spiro atoms. The molecule has 1 aromatic carbocycles. The van der Waals surface area contributed by atoms with Crippen LogP contribution in [0.2, 0.25) is 0 Å². The van der Waals surface area contributed by atoms with Crippen LogP contribution in [0.5, 0.6) is 0 Å². The molecule has 0 saturated carbocycles. The smallest absolute Gasteiger partial charge is 0.192 e. The molecule has 4 nitrogen and oxygen atoms in total. The maximum atomic E-state index is 5.46. The summed E-state index contributed by atoms with van der Waals surface area (Å²) in [6.07, 6.45) is 0.951. The van der Waals surface area contributed by atoms with Crippen LogP contribution < -0.4 is 11.1 Å². The van der Waals surface area contributed by atoms with E-state index in [9.17, 15) is 0 Å². The molecule has 0 amide bonds. The molecule has 80 valence electrons. The molecule has 1 aromatic heterocycles. The molecular weight excluding hydrogens is 190 g/mol. The van der Waals surface area contributed by atoms with E-state index in [2.05, 4.69) is 16.4 Å². The maximum Gasteiger partial charge on any atom is 0.192 e. The fourth-order valence-electron chi connectivity index (χ4n) is 1.57. The van der Waals surface area contributed by atoms with Crippen LogP contribution in [0.1, 0.15) is 11.5 Å². The zero-order valence-corrected chi connectivity index (χ0v) is 8.79. The van der Waals surface area contributed by atoms with Gasteiger partial charge in [-0.15, -0.1) is 0 Å². The molecule has 3 N–H and O–H groups in total. The second-order valence-corrected chi connectivity index (χ2v) is 3.49. The number of nitrogens with two attached hydrogens (primary N) is 1. The first-order chi connectivity index (χ1) is 7.29. The van der Waals surface area contributed by atoms with Crippen molar-refractivity contribution in [3.8, 4) is 0 Å². The zero-order chi connectivity index (χ0) is 10.7. The summed E-state index contributed by atoms with van der Waals surface area (Å²) in [7, 11) is 0. The lowest BCUT2D eigenvalue weighted by Gasteiger charge is -2.01. The number of benzene rings is 1. The SMILES string of the molecule is Cc1nc2ccc(CCNCN)cc2o1. The second kappa shape index (κ2) is 4.42. The van der Waals surface area contributed by atoms with Gasteiger partial charge >= 0.3 is 0 Å². The number of aromatic nitrogens is 1. The van der Waals surface area contributed by atoms with Gasteiger partial charge in [0.1, 0.15) is 5.52 Å². The Morgan fingerprint density at radius 2 is 2.33 bits per heavy atom. The summed E-state index contributed by atoms with van der Waals surface area (Å²) in [5.41, 5.74) is 8.36. The van der Waals surface area contributed by atoms with E-state index >= 15 is 0 Å². The van der Waals surface area contributed by atoms with Gasteiger partial charge < -0.3 is 15.5 Å². The predicted octanol–water partition coefficient (Wildman–Crippen LogP) is 1.18. The number of fused-ring (bicyclic) bond motifs is 1. The van der Waals surface area contributed by atoms with Crippen LogP contribution in [0.15, 0.2) is 22.6 Å². The van der Waals surface area contributed by atoms with Gasteiger partial charge in [0, 0.05) is 20.1 Å². The Kier molecular flexibility index (Phi) is 2.99. The van der Waals surface area contributed by atoms with Gasteiger partial charge in [0.2, 0.25) is 0 Å². The molecule has 2 aromatic rings. The summed E-state index contributed by atoms with van der Waals surface area (Å²) < 4.78 is 5.46. The molecule has 0 atom stereocenters. The highest BCUT2D eigenvalue weighted by Crippen LogP contribution is 2.16. The van der Waals surface area contributed by atoms with E-state index in [0.717, 1.165) is 24.1 Å². The standard InChI is InChI=1S/C11H15N3O/c1-8-14-10-3-2-9(4-5-13-7-12)6-11(10)15-8/h2-3,6,13H,4-5,7,12H2,1H3. The lowest BCUT2D eigenvalue weighted by Crippen LogP contribution is -2.24. The minimum atomic E-state index is 0.518. The first-order valence-electron chi connectivity index (χ1n) is 5.06. The molecule has 0 fully saturated rings. The molecule has 0 radical (unpaired) electrons. The van der Waals surface area contributed by atoms with Crippen LogP contribution in [0.4, 0.5) is 0 Å². The molecule has 4 heteroatoms. The molecule has 0 saturated heterocycles. The van der Waals surface area contributed by atoms with E-state index in [1.165, 1.54) is 5.56 Å². The van der Waals surface area contributed by atoms with Crippen molar-refractivity contribution in [1.29, 1.82) is 0 Å². The highest BCUT2D eigenvalue weighted by Gasteiger charge is 2.02. The largest absolute Gasteiger partial charge is 0.441 e. The normalized spacial score (nSPS) is 11.1. The van der Waals surface area contributed by atoms with Crippen molar-refractivity contribution in [3.63, 3.8) is 0 Å². The number of nitrogens with zero attached hydrogens (tertiary/aromatic N) is 1. The van der Waals surface area contributed by atoms with E-state index in [-0.39, 0.29) is 0 Å². The minimum Gasteiger partial charge on any atom is -0.441 e. The third-order valence-electron chi connectivity index (χ3n) is 2.29. The van der Waals surface area contributed by atoms with Gasteiger partial charge in [-0.3, -0.25) is 0 Å². The van der Waals surface area contributed by atoms with Crippen LogP contribution in [-0.2, 0) is 6.42 Å². The van der Waals surface area contributed by atoms with Gasteiger partial charge in [0.05, 0.1) is 0 Å². The van der Waals surface area contributed by atoms with Gasteiger partial charge in [-0.05, 0) is 24.1 Å². The fraction of sp³-hybridized carbons (Fsp3) is 0.364. The molecule has 2 rings (SSSR count). The van der Waals surface area contributed by atoms with Crippen LogP contribution >= 0.6 is 0 Å². The number of aryl methyl sites for hydroxylation is 1. The van der Waals surface area contributed by atoms with Crippen LogP contribution in [-0.4, -0.2) is 18.2 Å². The maximum absolute atomic E-state index is 5.46. The summed E-state index contributed by atoms with van der Waals surface area (Å²) in [5, 5.41) is 3.08. The van der Waals surface area contributed by atoms with Crippen molar-refractivity contribution in [2.45, 2.75) is 13.3 Å². The average Bonchev–Trinajstić information content (AvgIpc) is 2.57. The molecule has 15 heavy (non-hydrogen) atoms. The molecule has 0 aliphatic rings. The highest BCUT2D eigenvalue weighted by atomic mass is 16.3. The van der Waals surface area contributed by atoms with E-state index in [1.807, 2.05) is 19.1 Å². The number of hydrogen-bond acceptors (Lipinski definition) is 4. The monoisotopic (exact) mass is 205 g/mol. The summed E-state index contributed by atoms with van der Waals surface area (Å²) in [6, 6.07) is 6.10. The lowest BCUT2D eigenvalue weighted by atomic mass is 10.1. The van der Waals surface area contributed by atoms with Crippen molar-refractivity contribution in [2.75, 3.05) is 13.2 Å². The molecule has 0 aliphatic carbocycles. The first kappa shape index (κ1) is 10.1. The molecule has 0 unspecified atom stereocenters. The fourth-order valence-corrected chi connectivity index (χ4v) is 1.57. The molecule has 0 bridgehead atoms. The first-order valence-corrected chi connectivity index (χ1v) is 5.06. The predicted molar refractivity (Wildman–Crippen MR) is 59.5 cm³/mol. The van der Waals surface area contributed by atoms with E-state index in [1.54, 1.807) is 0 Å². The lowest BCUT2D eigenvalue weighted by molar-refractivity contribution is 0.560. The van der Waals surface area contributed by atoms with Crippen molar-refractivity contribution in [3.05, 3.63) is 29.7 Å². The Labute approximate surface area is 88.5 Å². The van der Waals surface area contributed by atoms with Crippen molar-refractivity contribution in [2.24, 2.45) is 5.73 Å². The van der Waals surface area contributed by atoms with Crippen molar-refractivity contribution < 1.29 is 4.42 Å². The highest BCUT2D eigenvalue weighted by molar-refractivity contribution is 5.73. The van der Waals surface area contributed by atoms with Gasteiger partial charge in [0.15, 0.2) is 11.5 Å². The summed E-state index contributed by atoms with van der Waals surface area (Å²) in [5.74, 6) is 0.710. The van der Waals surface area contributed by atoms with Crippen LogP contribution in [0.3, 0.4) is 0 Å². The zero-order valence-electron chi connectivity index (χ0n) is 8.79. The van der Waals surface area contributed by atoms with Gasteiger partial charge in [0.25, 0.3) is 0 Å². The molecular formula is C11H15N3O. The minimum absolute atomic E-state index is 0.518. The Hall–Kier alpha value is -1.39. The number of rotatable bonds is 4. The quantitative estimate of drug-likeness (QED) is 0.581. The summed E-state index contributed by atoms with van der Waals surface area (Å²) >= 11 is 0. The number of oxazole rings is 1. The third kappa shape index (κ3) is 2.34. The Morgan fingerprint density at radius 3 is 3.13 bits per heavy atom. The van der Waals surface area contributed by atoms with Gasteiger partial charge in [-0.25, -0.2) is 4.98 Å². The van der Waals surface area contributed by atoms with E-state index < -0.39 is 0 Å². The molecule has 0 aliphatic heterocycles. The molecule has 1 heterocycles. The van der Waals surface area contributed by atoms with Gasteiger partial charge in [-0.2, -0.15) is 0 Å². The van der Waals surface area contributed by atoms with Crippen LogP contribution in [0, 0.1) is 6.92 Å². The van der Waals surface area contributed by atoms with Crippen molar-refractivity contribution in [1.82, 2.24) is 10.3 Å². The second-order valence-electron chi connectivity index (χ2n) is 3.49. The average molecular weight is 205 g/mol. The number of nitrogens with one attached hydrogen (secondary N) is 1. The number of hydrogen-bond donors (Lipinski definition) is 2. The summed E-state index contributed by atoms with van der Waals surface area (Å²) in [6.45, 7) is 3.26. The Morgan fingerprint density at radius 1 is 1.47 bits per heavy atom. The third-order valence-corrected chi connectivity index (χ3v) is 2.29. The Balaban J connectivity index is 2.15. The van der Waals surface area contributed by atoms with Gasteiger partial charge in [-0.1, -0.05) is 6.07 Å². The Bertz CT molecular complexity index is 450. The van der Waals surface area contributed by atoms with Crippen molar-refractivity contribution >= 4 is 11.1 Å². The van der Waals surface area contributed by atoms with Crippen LogP contribution in [0.25, 0.3) is 11.1 Å².